The van der Waals surface area contributed by atoms with Gasteiger partial charge in [0.2, 0.25) is 0 Å². The van der Waals surface area contributed by atoms with E-state index in [2.05, 4.69) is 39.9 Å². The number of nitrogens with one attached hydrogen (secondary N) is 2. The van der Waals surface area contributed by atoms with Crippen molar-refractivity contribution in [2.45, 2.75) is 19.8 Å². The second-order valence-corrected chi connectivity index (χ2v) is 6.27. The predicted molar refractivity (Wildman–Crippen MR) is 107 cm³/mol. The number of nitrogens with zero attached hydrogens (tertiary/aromatic N) is 1. The smallest absolute Gasteiger partial charge is 0.255 e. The van der Waals surface area contributed by atoms with E-state index in [0.717, 1.165) is 36.5 Å². The van der Waals surface area contributed by atoms with Crippen LogP contribution < -0.4 is 10.6 Å². The van der Waals surface area contributed by atoms with E-state index in [9.17, 15) is 4.79 Å². The van der Waals surface area contributed by atoms with Crippen LogP contribution in [0.3, 0.4) is 0 Å². The van der Waals surface area contributed by atoms with Crippen LogP contribution in [-0.2, 0) is 6.42 Å². The van der Waals surface area contributed by atoms with Gasteiger partial charge in [-0.05, 0) is 55.2 Å². The van der Waals surface area contributed by atoms with Crippen molar-refractivity contribution in [2.24, 2.45) is 0 Å². The monoisotopic (exact) mass is 345 g/mol. The molecule has 1 heterocycles. The predicted octanol–water partition coefficient (Wildman–Crippen LogP) is 4.69. The van der Waals surface area contributed by atoms with Gasteiger partial charge in [-0.15, -0.1) is 0 Å². The fraction of sp³-hybridized carbons (Fsp3) is 0.182. The van der Waals surface area contributed by atoms with Gasteiger partial charge in [0.25, 0.3) is 5.91 Å². The molecule has 1 amide bonds. The highest BCUT2D eigenvalue weighted by atomic mass is 16.1. The summed E-state index contributed by atoms with van der Waals surface area (Å²) in [6.07, 6.45) is 3.68. The first-order valence-corrected chi connectivity index (χ1v) is 8.82. The number of anilines is 2. The minimum Gasteiger partial charge on any atom is -0.370 e. The van der Waals surface area contributed by atoms with Gasteiger partial charge in [-0.25, -0.2) is 4.98 Å². The highest BCUT2D eigenvalue weighted by Crippen LogP contribution is 2.13. The van der Waals surface area contributed by atoms with Crippen molar-refractivity contribution < 1.29 is 4.79 Å². The summed E-state index contributed by atoms with van der Waals surface area (Å²) in [4.78, 5) is 16.7. The summed E-state index contributed by atoms with van der Waals surface area (Å²) in [5.41, 5.74) is 3.82. The molecule has 0 bridgehead atoms. The molecular formula is C22H23N3O. The van der Waals surface area contributed by atoms with E-state index in [1.165, 1.54) is 5.56 Å². The summed E-state index contributed by atoms with van der Waals surface area (Å²) >= 11 is 0. The molecule has 0 saturated heterocycles. The maximum atomic E-state index is 12.4. The molecule has 0 aliphatic carbocycles. The summed E-state index contributed by atoms with van der Waals surface area (Å²) in [7, 11) is 0. The van der Waals surface area contributed by atoms with Crippen molar-refractivity contribution in [3.63, 3.8) is 0 Å². The minimum absolute atomic E-state index is 0.134. The number of aromatic nitrogens is 1. The van der Waals surface area contributed by atoms with E-state index in [0.29, 0.717) is 5.56 Å². The standard InChI is InChI=1S/C22H23N3O/c1-17-7-5-11-20(15-17)25-22(26)19-12-14-24-21(16-19)23-13-6-10-18-8-3-2-4-9-18/h2-5,7-9,11-12,14-16H,6,10,13H2,1H3,(H,23,24)(H,25,26). The van der Waals surface area contributed by atoms with E-state index in [4.69, 9.17) is 0 Å². The van der Waals surface area contributed by atoms with Crippen LogP contribution >= 0.6 is 0 Å². The van der Waals surface area contributed by atoms with Crippen LogP contribution in [0.4, 0.5) is 11.5 Å². The van der Waals surface area contributed by atoms with Gasteiger partial charge in [0.05, 0.1) is 0 Å². The molecule has 0 unspecified atom stereocenters. The van der Waals surface area contributed by atoms with Gasteiger partial charge < -0.3 is 10.6 Å². The van der Waals surface area contributed by atoms with Crippen molar-refractivity contribution in [3.05, 3.63) is 89.6 Å². The van der Waals surface area contributed by atoms with E-state index in [-0.39, 0.29) is 5.91 Å². The maximum absolute atomic E-state index is 12.4. The van der Waals surface area contributed by atoms with Crippen LogP contribution in [0.25, 0.3) is 0 Å². The summed E-state index contributed by atoms with van der Waals surface area (Å²) in [5.74, 6) is 0.584. The Labute approximate surface area is 154 Å². The SMILES string of the molecule is Cc1cccc(NC(=O)c2ccnc(NCCCc3ccccc3)c2)c1. The number of aryl methyl sites for hydroxylation is 2. The Balaban J connectivity index is 1.53. The first-order valence-electron chi connectivity index (χ1n) is 8.82. The van der Waals surface area contributed by atoms with Crippen LogP contribution in [0.1, 0.15) is 27.9 Å². The van der Waals surface area contributed by atoms with Crippen molar-refractivity contribution in [1.29, 1.82) is 0 Å². The molecule has 2 aromatic carbocycles. The molecule has 0 saturated carbocycles. The van der Waals surface area contributed by atoms with E-state index >= 15 is 0 Å². The lowest BCUT2D eigenvalue weighted by molar-refractivity contribution is 0.102. The van der Waals surface area contributed by atoms with Crippen LogP contribution in [0, 0.1) is 6.92 Å². The Bertz CT molecular complexity index is 862. The van der Waals surface area contributed by atoms with E-state index in [1.807, 2.05) is 37.3 Å². The van der Waals surface area contributed by atoms with E-state index in [1.54, 1.807) is 18.3 Å². The summed E-state index contributed by atoms with van der Waals surface area (Å²) < 4.78 is 0. The molecule has 0 radical (unpaired) electrons. The van der Waals surface area contributed by atoms with Gasteiger partial charge in [-0.1, -0.05) is 42.5 Å². The molecule has 3 aromatic rings. The lowest BCUT2D eigenvalue weighted by atomic mass is 10.1. The third kappa shape index (κ3) is 5.18. The number of hydrogen-bond donors (Lipinski definition) is 2. The first kappa shape index (κ1) is 17.7. The molecule has 3 rings (SSSR count). The molecule has 0 aliphatic heterocycles. The van der Waals surface area contributed by atoms with Crippen molar-refractivity contribution >= 4 is 17.4 Å². The highest BCUT2D eigenvalue weighted by molar-refractivity contribution is 6.04. The van der Waals surface area contributed by atoms with Crippen LogP contribution in [0.2, 0.25) is 0 Å². The number of carbonyl (C=O) groups is 1. The molecule has 132 valence electrons. The Kier molecular flexibility index (Phi) is 5.99. The average molecular weight is 345 g/mol. The van der Waals surface area contributed by atoms with Gasteiger partial charge in [0, 0.05) is 24.0 Å². The molecule has 2 N–H and O–H groups in total. The number of carbonyl (C=O) groups excluding carboxylic acids is 1. The fourth-order valence-corrected chi connectivity index (χ4v) is 2.75. The molecule has 26 heavy (non-hydrogen) atoms. The third-order valence-electron chi connectivity index (χ3n) is 4.09. The largest absolute Gasteiger partial charge is 0.370 e. The van der Waals surface area contributed by atoms with Crippen molar-refractivity contribution in [2.75, 3.05) is 17.2 Å². The molecular weight excluding hydrogens is 322 g/mol. The molecule has 4 nitrogen and oxygen atoms in total. The Morgan fingerprint density at radius 1 is 1.00 bits per heavy atom. The van der Waals surface area contributed by atoms with E-state index < -0.39 is 0 Å². The zero-order chi connectivity index (χ0) is 18.2. The van der Waals surface area contributed by atoms with Gasteiger partial charge in [-0.3, -0.25) is 4.79 Å². The first-order chi connectivity index (χ1) is 12.7. The topological polar surface area (TPSA) is 54.0 Å². The molecule has 0 spiro atoms. The molecule has 4 heteroatoms. The number of amides is 1. The Morgan fingerprint density at radius 3 is 2.65 bits per heavy atom. The molecule has 0 aliphatic rings. The van der Waals surface area contributed by atoms with Crippen LogP contribution in [0.15, 0.2) is 72.9 Å². The number of hydrogen-bond acceptors (Lipinski definition) is 3. The zero-order valence-corrected chi connectivity index (χ0v) is 14.9. The molecule has 0 fully saturated rings. The third-order valence-corrected chi connectivity index (χ3v) is 4.09. The van der Waals surface area contributed by atoms with Crippen LogP contribution in [-0.4, -0.2) is 17.4 Å². The molecule has 1 aromatic heterocycles. The lowest BCUT2D eigenvalue weighted by Crippen LogP contribution is -2.13. The Morgan fingerprint density at radius 2 is 1.85 bits per heavy atom. The van der Waals surface area contributed by atoms with Gasteiger partial charge in [0.1, 0.15) is 5.82 Å². The number of pyridine rings is 1. The minimum atomic E-state index is -0.134. The molecule has 0 atom stereocenters. The average Bonchev–Trinajstić information content (AvgIpc) is 2.66. The highest BCUT2D eigenvalue weighted by Gasteiger charge is 2.07. The lowest BCUT2D eigenvalue weighted by Gasteiger charge is -2.09. The van der Waals surface area contributed by atoms with Gasteiger partial charge >= 0.3 is 0 Å². The van der Waals surface area contributed by atoms with Crippen molar-refractivity contribution in [1.82, 2.24) is 4.98 Å². The Hall–Kier alpha value is -3.14. The zero-order valence-electron chi connectivity index (χ0n) is 14.9. The summed E-state index contributed by atoms with van der Waals surface area (Å²) in [5, 5.41) is 6.21. The van der Waals surface area contributed by atoms with Crippen molar-refractivity contribution in [3.8, 4) is 0 Å². The second kappa shape index (κ2) is 8.81. The maximum Gasteiger partial charge on any atom is 0.255 e. The fourth-order valence-electron chi connectivity index (χ4n) is 2.75. The van der Waals surface area contributed by atoms with Gasteiger partial charge in [0.15, 0.2) is 0 Å². The number of rotatable bonds is 7. The quantitative estimate of drug-likeness (QED) is 0.611. The normalized spacial score (nSPS) is 10.3. The van der Waals surface area contributed by atoms with Gasteiger partial charge in [-0.2, -0.15) is 0 Å². The summed E-state index contributed by atoms with van der Waals surface area (Å²) in [6.45, 7) is 2.81. The number of benzene rings is 2. The summed E-state index contributed by atoms with van der Waals surface area (Å²) in [6, 6.07) is 21.7. The second-order valence-electron chi connectivity index (χ2n) is 6.27. The van der Waals surface area contributed by atoms with Crippen LogP contribution in [0.5, 0.6) is 0 Å².